The van der Waals surface area contributed by atoms with Crippen LogP contribution in [0.1, 0.15) is 55.3 Å². The van der Waals surface area contributed by atoms with E-state index in [1.165, 1.54) is 18.6 Å². The predicted molar refractivity (Wildman–Crippen MR) is 77.9 cm³/mol. The molecule has 0 aromatic heterocycles. The molecule has 0 spiro atoms. The molecule has 2 rings (SSSR count). The molecule has 1 fully saturated rings. The topological polar surface area (TPSA) is 93.4 Å². The van der Waals surface area contributed by atoms with Crippen LogP contribution in [-0.4, -0.2) is 21.7 Å². The number of hydrogen-bond acceptors (Lipinski definition) is 4. The molecule has 0 unspecified atom stereocenters. The molecule has 0 radical (unpaired) electrons. The molecule has 1 aromatic rings. The molecule has 0 saturated heterocycles. The molecule has 21 heavy (non-hydrogen) atoms. The molecule has 1 aliphatic carbocycles. The quantitative estimate of drug-likeness (QED) is 0.780. The molecular weight excluding hydrogens is 268 g/mol. The summed E-state index contributed by atoms with van der Waals surface area (Å²) < 4.78 is 0. The van der Waals surface area contributed by atoms with Gasteiger partial charge < -0.3 is 15.5 Å². The first-order valence-corrected chi connectivity index (χ1v) is 7.31. The average Bonchev–Trinajstić information content (AvgIpc) is 2.41. The molecule has 0 atom stereocenters. The fourth-order valence-electron chi connectivity index (χ4n) is 2.79. The van der Waals surface area contributed by atoms with Gasteiger partial charge in [0.1, 0.15) is 17.0 Å². The molecule has 0 bridgehead atoms. The van der Waals surface area contributed by atoms with E-state index >= 15 is 0 Å². The van der Waals surface area contributed by atoms with E-state index in [2.05, 4.69) is 11.4 Å². The van der Waals surface area contributed by atoms with Crippen LogP contribution in [-0.2, 0) is 0 Å². The summed E-state index contributed by atoms with van der Waals surface area (Å²) in [5, 5.41) is 31.2. The van der Waals surface area contributed by atoms with Gasteiger partial charge in [0.25, 0.3) is 5.91 Å². The van der Waals surface area contributed by atoms with Gasteiger partial charge in [-0.05, 0) is 25.0 Å². The fourth-order valence-corrected chi connectivity index (χ4v) is 2.79. The number of rotatable bonds is 2. The van der Waals surface area contributed by atoms with Gasteiger partial charge in [0.2, 0.25) is 0 Å². The SMILES string of the molecule is N#CC1(NC(=O)c2cc(O)cc(O)c2)CCCCCCC1. The maximum Gasteiger partial charge on any atom is 0.252 e. The van der Waals surface area contributed by atoms with E-state index in [-0.39, 0.29) is 17.1 Å². The Labute approximate surface area is 124 Å². The first kappa shape index (κ1) is 15.2. The Bertz CT molecular complexity index is 535. The summed E-state index contributed by atoms with van der Waals surface area (Å²) in [5.74, 6) is -0.795. The lowest BCUT2D eigenvalue weighted by Crippen LogP contribution is -2.47. The summed E-state index contributed by atoms with van der Waals surface area (Å²) in [6.45, 7) is 0. The Morgan fingerprint density at radius 2 is 1.57 bits per heavy atom. The fraction of sp³-hybridized carbons (Fsp3) is 0.500. The summed E-state index contributed by atoms with van der Waals surface area (Å²) in [6, 6.07) is 5.98. The highest BCUT2D eigenvalue weighted by atomic mass is 16.3. The molecular formula is C16H20N2O3. The molecule has 3 N–H and O–H groups in total. The molecule has 5 nitrogen and oxygen atoms in total. The lowest BCUT2D eigenvalue weighted by molar-refractivity contribution is 0.0907. The molecule has 112 valence electrons. The van der Waals surface area contributed by atoms with Crippen LogP contribution >= 0.6 is 0 Å². The number of hydrogen-bond donors (Lipinski definition) is 3. The summed E-state index contributed by atoms with van der Waals surface area (Å²) >= 11 is 0. The smallest absolute Gasteiger partial charge is 0.252 e. The standard InChI is InChI=1S/C16H20N2O3/c17-11-16(6-4-2-1-3-5-7-16)18-15(21)12-8-13(19)10-14(20)9-12/h8-10,19-20H,1-7H2,(H,18,21). The van der Waals surface area contributed by atoms with Crippen LogP contribution in [0.3, 0.4) is 0 Å². The maximum atomic E-state index is 12.3. The van der Waals surface area contributed by atoms with Gasteiger partial charge in [-0.1, -0.05) is 32.1 Å². The summed E-state index contributed by atoms with van der Waals surface area (Å²) in [6.07, 6.45) is 6.44. The first-order valence-electron chi connectivity index (χ1n) is 7.31. The Balaban J connectivity index is 2.16. The number of nitrogens with zero attached hydrogens (tertiary/aromatic N) is 1. The van der Waals surface area contributed by atoms with Crippen LogP contribution in [0.2, 0.25) is 0 Å². The van der Waals surface area contributed by atoms with E-state index in [1.54, 1.807) is 0 Å². The van der Waals surface area contributed by atoms with Crippen molar-refractivity contribution in [3.63, 3.8) is 0 Å². The van der Waals surface area contributed by atoms with E-state index in [0.717, 1.165) is 31.7 Å². The molecule has 1 aliphatic rings. The van der Waals surface area contributed by atoms with Gasteiger partial charge in [-0.15, -0.1) is 0 Å². The minimum absolute atomic E-state index is 0.157. The summed E-state index contributed by atoms with van der Waals surface area (Å²) in [7, 11) is 0. The van der Waals surface area contributed by atoms with E-state index < -0.39 is 11.4 Å². The number of carbonyl (C=O) groups excluding carboxylic acids is 1. The molecule has 1 saturated carbocycles. The Kier molecular flexibility index (Phi) is 4.69. The van der Waals surface area contributed by atoms with Crippen molar-refractivity contribution in [1.29, 1.82) is 5.26 Å². The summed E-state index contributed by atoms with van der Waals surface area (Å²) in [4.78, 5) is 12.3. The second-order valence-electron chi connectivity index (χ2n) is 5.65. The van der Waals surface area contributed by atoms with Gasteiger partial charge in [0.05, 0.1) is 6.07 Å². The number of nitriles is 1. The third-order valence-electron chi connectivity index (χ3n) is 3.94. The van der Waals surface area contributed by atoms with Gasteiger partial charge in [0, 0.05) is 11.6 Å². The number of carbonyl (C=O) groups is 1. The van der Waals surface area contributed by atoms with Gasteiger partial charge in [-0.25, -0.2) is 0 Å². The first-order chi connectivity index (χ1) is 10.0. The highest BCUT2D eigenvalue weighted by Gasteiger charge is 2.32. The monoisotopic (exact) mass is 288 g/mol. The number of benzene rings is 1. The van der Waals surface area contributed by atoms with Crippen LogP contribution in [0.25, 0.3) is 0 Å². The Morgan fingerprint density at radius 3 is 2.10 bits per heavy atom. The van der Waals surface area contributed by atoms with Crippen molar-refractivity contribution in [2.75, 3.05) is 0 Å². The van der Waals surface area contributed by atoms with Gasteiger partial charge >= 0.3 is 0 Å². The maximum absolute atomic E-state index is 12.3. The van der Waals surface area contributed by atoms with Crippen LogP contribution in [0.5, 0.6) is 11.5 Å². The molecule has 1 aromatic carbocycles. The molecule has 5 heteroatoms. The van der Waals surface area contributed by atoms with Crippen molar-refractivity contribution in [1.82, 2.24) is 5.32 Å². The number of amides is 1. The number of nitrogens with one attached hydrogen (secondary N) is 1. The largest absolute Gasteiger partial charge is 0.508 e. The average molecular weight is 288 g/mol. The van der Waals surface area contributed by atoms with Crippen molar-refractivity contribution in [2.45, 2.75) is 50.5 Å². The normalized spacial score (nSPS) is 18.0. The lowest BCUT2D eigenvalue weighted by Gasteiger charge is -2.29. The van der Waals surface area contributed by atoms with Crippen molar-refractivity contribution in [2.24, 2.45) is 0 Å². The lowest BCUT2D eigenvalue weighted by atomic mass is 9.85. The zero-order valence-electron chi connectivity index (χ0n) is 11.9. The van der Waals surface area contributed by atoms with Crippen LogP contribution in [0.15, 0.2) is 18.2 Å². The van der Waals surface area contributed by atoms with Gasteiger partial charge in [-0.2, -0.15) is 5.26 Å². The third-order valence-corrected chi connectivity index (χ3v) is 3.94. The predicted octanol–water partition coefficient (Wildman–Crippen LogP) is 2.83. The minimum Gasteiger partial charge on any atom is -0.508 e. The van der Waals surface area contributed by atoms with E-state index in [0.29, 0.717) is 12.8 Å². The van der Waals surface area contributed by atoms with E-state index in [4.69, 9.17) is 0 Å². The highest BCUT2D eigenvalue weighted by molar-refractivity contribution is 5.95. The molecule has 1 amide bonds. The Hall–Kier alpha value is -2.22. The van der Waals surface area contributed by atoms with Crippen LogP contribution in [0.4, 0.5) is 0 Å². The highest BCUT2D eigenvalue weighted by Crippen LogP contribution is 2.27. The Morgan fingerprint density at radius 1 is 1.05 bits per heavy atom. The summed E-state index contributed by atoms with van der Waals surface area (Å²) in [5.41, 5.74) is -0.692. The van der Waals surface area contributed by atoms with Gasteiger partial charge in [-0.3, -0.25) is 4.79 Å². The third kappa shape index (κ3) is 3.88. The van der Waals surface area contributed by atoms with Crippen molar-refractivity contribution >= 4 is 5.91 Å². The second kappa shape index (κ2) is 6.49. The van der Waals surface area contributed by atoms with Gasteiger partial charge in [0.15, 0.2) is 0 Å². The van der Waals surface area contributed by atoms with E-state index in [9.17, 15) is 20.3 Å². The molecule has 0 heterocycles. The number of phenols is 2. The zero-order valence-corrected chi connectivity index (χ0v) is 11.9. The van der Waals surface area contributed by atoms with Crippen LogP contribution in [0, 0.1) is 11.3 Å². The zero-order chi connectivity index (χ0) is 15.3. The minimum atomic E-state index is -0.849. The van der Waals surface area contributed by atoms with Crippen LogP contribution < -0.4 is 5.32 Å². The van der Waals surface area contributed by atoms with E-state index in [1.807, 2.05) is 0 Å². The number of aromatic hydroxyl groups is 2. The van der Waals surface area contributed by atoms with Crippen molar-refractivity contribution < 1.29 is 15.0 Å². The number of phenolic OH excluding ortho intramolecular Hbond substituents is 2. The molecule has 0 aliphatic heterocycles. The van der Waals surface area contributed by atoms with Crippen molar-refractivity contribution in [3.8, 4) is 17.6 Å². The second-order valence-corrected chi connectivity index (χ2v) is 5.65. The van der Waals surface area contributed by atoms with Crippen molar-refractivity contribution in [3.05, 3.63) is 23.8 Å².